The van der Waals surface area contributed by atoms with Gasteiger partial charge < -0.3 is 4.74 Å². The van der Waals surface area contributed by atoms with Crippen molar-refractivity contribution in [1.29, 1.82) is 0 Å². The largest absolute Gasteiger partial charge is 0.380 e. The van der Waals surface area contributed by atoms with Crippen LogP contribution in [0.3, 0.4) is 0 Å². The van der Waals surface area contributed by atoms with E-state index in [4.69, 9.17) is 4.74 Å². The number of hydrogen-bond donors (Lipinski definition) is 0. The summed E-state index contributed by atoms with van der Waals surface area (Å²) in [5.74, 6) is 0. The number of likely N-dealkylation sites (tertiary alicyclic amines) is 1. The summed E-state index contributed by atoms with van der Waals surface area (Å²) in [4.78, 5) is 4.07. The Balaban J connectivity index is 1.53. The maximum absolute atomic E-state index is 5.34. The smallest absolute Gasteiger partial charge is 0.0545 e. The lowest BCUT2D eigenvalue weighted by Gasteiger charge is -2.47. The van der Waals surface area contributed by atoms with Gasteiger partial charge in [-0.3, -0.25) is 4.90 Å². The van der Waals surface area contributed by atoms with Crippen molar-refractivity contribution >= 4 is 11.3 Å². The van der Waals surface area contributed by atoms with E-state index in [1.165, 1.54) is 30.8 Å². The molecule has 2 nitrogen and oxygen atoms in total. The van der Waals surface area contributed by atoms with E-state index >= 15 is 0 Å². The minimum absolute atomic E-state index is 0.575. The highest BCUT2D eigenvalue weighted by molar-refractivity contribution is 7.09. The van der Waals surface area contributed by atoms with Gasteiger partial charge in [-0.2, -0.15) is 0 Å². The minimum Gasteiger partial charge on any atom is -0.380 e. The summed E-state index contributed by atoms with van der Waals surface area (Å²) in [6, 6.07) is 4.38. The van der Waals surface area contributed by atoms with Gasteiger partial charge in [-0.25, -0.2) is 0 Å². The first-order valence-electron chi connectivity index (χ1n) is 5.69. The zero-order valence-electron chi connectivity index (χ0n) is 8.95. The fraction of sp³-hybridized carbons (Fsp3) is 0.667. The van der Waals surface area contributed by atoms with Crippen LogP contribution in [-0.2, 0) is 11.3 Å². The molecule has 1 aromatic rings. The third kappa shape index (κ3) is 1.96. The molecule has 2 fully saturated rings. The first kappa shape index (κ1) is 9.82. The fourth-order valence-electron chi connectivity index (χ4n) is 2.49. The number of thiophene rings is 1. The van der Waals surface area contributed by atoms with Crippen LogP contribution in [0.25, 0.3) is 0 Å². The zero-order chi connectivity index (χ0) is 10.1. The van der Waals surface area contributed by atoms with Crippen LogP contribution < -0.4 is 0 Å². The Morgan fingerprint density at radius 1 is 1.33 bits per heavy atom. The summed E-state index contributed by atoms with van der Waals surface area (Å²) in [7, 11) is 0. The first-order chi connectivity index (χ1) is 7.36. The molecule has 2 aliphatic heterocycles. The molecule has 0 aromatic carbocycles. The van der Waals surface area contributed by atoms with Gasteiger partial charge in [0.2, 0.25) is 0 Å². The van der Waals surface area contributed by atoms with Gasteiger partial charge in [0, 0.05) is 16.8 Å². The summed E-state index contributed by atoms with van der Waals surface area (Å²) in [6.07, 6.45) is 2.66. The molecule has 3 heterocycles. The second-order valence-corrected chi connectivity index (χ2v) is 5.88. The molecule has 0 bridgehead atoms. The van der Waals surface area contributed by atoms with E-state index in [9.17, 15) is 0 Å². The minimum atomic E-state index is 0.575. The quantitative estimate of drug-likeness (QED) is 0.763. The Hall–Kier alpha value is -0.380. The van der Waals surface area contributed by atoms with Crippen molar-refractivity contribution < 1.29 is 4.74 Å². The fourth-order valence-corrected chi connectivity index (χ4v) is 3.23. The number of piperidine rings is 1. The summed E-state index contributed by atoms with van der Waals surface area (Å²) >= 11 is 1.87. The van der Waals surface area contributed by atoms with Gasteiger partial charge >= 0.3 is 0 Å². The van der Waals surface area contributed by atoms with E-state index in [0.29, 0.717) is 5.41 Å². The van der Waals surface area contributed by atoms with Crippen molar-refractivity contribution in [2.24, 2.45) is 5.41 Å². The van der Waals surface area contributed by atoms with Crippen LogP contribution in [0, 0.1) is 5.41 Å². The number of ether oxygens (including phenoxy) is 1. The molecule has 0 N–H and O–H groups in total. The summed E-state index contributed by atoms with van der Waals surface area (Å²) in [6.45, 7) is 5.68. The van der Waals surface area contributed by atoms with E-state index in [1.807, 2.05) is 11.3 Å². The molecule has 3 rings (SSSR count). The summed E-state index contributed by atoms with van der Waals surface area (Å²) in [5, 5.41) is 2.17. The van der Waals surface area contributed by atoms with Gasteiger partial charge in [0.05, 0.1) is 13.2 Å². The molecule has 3 heteroatoms. The van der Waals surface area contributed by atoms with Crippen molar-refractivity contribution in [3.05, 3.63) is 22.4 Å². The predicted molar refractivity (Wildman–Crippen MR) is 62.1 cm³/mol. The second-order valence-electron chi connectivity index (χ2n) is 4.85. The highest BCUT2D eigenvalue weighted by atomic mass is 32.1. The van der Waals surface area contributed by atoms with E-state index < -0.39 is 0 Å². The van der Waals surface area contributed by atoms with Gasteiger partial charge in [0.1, 0.15) is 0 Å². The SMILES string of the molecule is c1csc(CN2CCC3(CC2)COC3)c1. The van der Waals surface area contributed by atoms with Gasteiger partial charge in [0.25, 0.3) is 0 Å². The van der Waals surface area contributed by atoms with Crippen molar-refractivity contribution in [1.82, 2.24) is 4.90 Å². The van der Waals surface area contributed by atoms with Crippen molar-refractivity contribution in [3.63, 3.8) is 0 Å². The van der Waals surface area contributed by atoms with Gasteiger partial charge in [-0.15, -0.1) is 11.3 Å². The third-order valence-corrected chi connectivity index (χ3v) is 4.55. The average molecular weight is 223 g/mol. The second kappa shape index (κ2) is 3.89. The molecule has 1 spiro atoms. The number of nitrogens with zero attached hydrogens (tertiary/aromatic N) is 1. The van der Waals surface area contributed by atoms with Crippen molar-refractivity contribution in [2.45, 2.75) is 19.4 Å². The molecule has 0 saturated carbocycles. The molecule has 0 unspecified atom stereocenters. The Labute approximate surface area is 94.9 Å². The van der Waals surface area contributed by atoms with E-state index in [1.54, 1.807) is 0 Å². The molecule has 2 saturated heterocycles. The Kier molecular flexibility index (Phi) is 2.54. The lowest BCUT2D eigenvalue weighted by Crippen LogP contribution is -2.50. The van der Waals surface area contributed by atoms with Crippen LogP contribution in [-0.4, -0.2) is 31.2 Å². The highest BCUT2D eigenvalue weighted by Gasteiger charge is 2.40. The number of hydrogen-bond acceptors (Lipinski definition) is 3. The van der Waals surface area contributed by atoms with Crippen molar-refractivity contribution in [3.8, 4) is 0 Å². The monoisotopic (exact) mass is 223 g/mol. The van der Waals surface area contributed by atoms with E-state index in [2.05, 4.69) is 22.4 Å². The Bertz CT molecular complexity index is 308. The number of rotatable bonds is 2. The van der Waals surface area contributed by atoms with E-state index in [-0.39, 0.29) is 0 Å². The van der Waals surface area contributed by atoms with Crippen molar-refractivity contribution in [2.75, 3.05) is 26.3 Å². The summed E-state index contributed by atoms with van der Waals surface area (Å²) in [5.41, 5.74) is 0.575. The van der Waals surface area contributed by atoms with Gasteiger partial charge in [-0.05, 0) is 37.4 Å². The lowest BCUT2D eigenvalue weighted by molar-refractivity contribution is -0.140. The first-order valence-corrected chi connectivity index (χ1v) is 6.57. The Morgan fingerprint density at radius 3 is 2.67 bits per heavy atom. The molecule has 2 aliphatic rings. The van der Waals surface area contributed by atoms with Crippen LogP contribution in [0.4, 0.5) is 0 Å². The normalized spacial score (nSPS) is 25.3. The van der Waals surface area contributed by atoms with E-state index in [0.717, 1.165) is 19.8 Å². The van der Waals surface area contributed by atoms with Crippen LogP contribution in [0.2, 0.25) is 0 Å². The topological polar surface area (TPSA) is 12.5 Å². The molecular formula is C12H17NOS. The molecule has 0 atom stereocenters. The maximum Gasteiger partial charge on any atom is 0.0545 e. The molecule has 82 valence electrons. The summed E-state index contributed by atoms with van der Waals surface area (Å²) < 4.78 is 5.34. The standard InChI is InChI=1S/C12H17NOS/c1-2-11(15-7-1)8-13-5-3-12(4-6-13)9-14-10-12/h1-2,7H,3-6,8-10H2. The molecule has 0 aliphatic carbocycles. The molecule has 0 radical (unpaired) electrons. The molecular weight excluding hydrogens is 206 g/mol. The van der Waals surface area contributed by atoms with Gasteiger partial charge in [-0.1, -0.05) is 6.07 Å². The van der Waals surface area contributed by atoms with Crippen LogP contribution >= 0.6 is 11.3 Å². The Morgan fingerprint density at radius 2 is 2.13 bits per heavy atom. The van der Waals surface area contributed by atoms with Gasteiger partial charge in [0.15, 0.2) is 0 Å². The molecule has 0 amide bonds. The lowest BCUT2D eigenvalue weighted by atomic mass is 9.77. The predicted octanol–water partition coefficient (Wildman–Crippen LogP) is 2.36. The highest BCUT2D eigenvalue weighted by Crippen LogP contribution is 2.38. The van der Waals surface area contributed by atoms with Crippen LogP contribution in [0.1, 0.15) is 17.7 Å². The molecule has 1 aromatic heterocycles. The average Bonchev–Trinajstić information content (AvgIpc) is 2.69. The maximum atomic E-state index is 5.34. The third-order valence-electron chi connectivity index (χ3n) is 3.69. The van der Waals surface area contributed by atoms with Crippen LogP contribution in [0.15, 0.2) is 17.5 Å². The zero-order valence-corrected chi connectivity index (χ0v) is 9.76. The molecule has 15 heavy (non-hydrogen) atoms. The van der Waals surface area contributed by atoms with Crippen LogP contribution in [0.5, 0.6) is 0 Å².